The third-order valence-electron chi connectivity index (χ3n) is 12.4. The summed E-state index contributed by atoms with van der Waals surface area (Å²) in [4.78, 5) is 2.38. The average molecular weight is 755 g/mol. The van der Waals surface area contributed by atoms with Crippen LogP contribution < -0.4 is 4.90 Å². The van der Waals surface area contributed by atoms with Gasteiger partial charge in [-0.25, -0.2) is 0 Å². The van der Waals surface area contributed by atoms with Gasteiger partial charge in [0.05, 0.1) is 11.0 Å². The van der Waals surface area contributed by atoms with E-state index in [1.807, 2.05) is 0 Å². The number of anilines is 3. The van der Waals surface area contributed by atoms with E-state index in [2.05, 4.69) is 242 Å². The Labute approximate surface area is 345 Å². The van der Waals surface area contributed by atoms with Gasteiger partial charge in [0.15, 0.2) is 0 Å². The van der Waals surface area contributed by atoms with Crippen molar-refractivity contribution in [1.82, 2.24) is 4.57 Å². The Kier molecular flexibility index (Phi) is 8.20. The summed E-state index contributed by atoms with van der Waals surface area (Å²) in [6, 6.07) is 79.8. The summed E-state index contributed by atoms with van der Waals surface area (Å²) >= 11 is 0. The number of benzene rings is 9. The molecular formula is C57H42N2. The summed E-state index contributed by atoms with van der Waals surface area (Å²) in [5, 5.41) is 2.50. The van der Waals surface area contributed by atoms with Crippen molar-refractivity contribution in [2.75, 3.05) is 4.90 Å². The Morgan fingerprint density at radius 2 is 0.864 bits per heavy atom. The third-order valence-corrected chi connectivity index (χ3v) is 12.4. The Bertz CT molecular complexity index is 3150. The zero-order valence-corrected chi connectivity index (χ0v) is 33.2. The van der Waals surface area contributed by atoms with Crippen molar-refractivity contribution >= 4 is 38.9 Å². The van der Waals surface area contributed by atoms with Crippen molar-refractivity contribution in [3.05, 3.63) is 230 Å². The Hall–Kier alpha value is -7.42. The van der Waals surface area contributed by atoms with Gasteiger partial charge in [-0.05, 0) is 128 Å². The van der Waals surface area contributed by atoms with Gasteiger partial charge in [0, 0.05) is 38.9 Å². The average Bonchev–Trinajstić information content (AvgIpc) is 3.75. The number of fused-ring (bicyclic) bond motifs is 6. The molecule has 59 heavy (non-hydrogen) atoms. The zero-order valence-electron chi connectivity index (χ0n) is 33.2. The molecule has 0 saturated heterocycles. The first-order valence-corrected chi connectivity index (χ1v) is 20.5. The molecule has 0 amide bonds. The second-order valence-electron chi connectivity index (χ2n) is 16.2. The molecule has 0 spiro atoms. The molecule has 1 aromatic heterocycles. The Morgan fingerprint density at radius 1 is 0.339 bits per heavy atom. The molecule has 0 saturated carbocycles. The summed E-state index contributed by atoms with van der Waals surface area (Å²) < 4.78 is 2.37. The highest BCUT2D eigenvalue weighted by Gasteiger charge is 2.35. The number of nitrogens with zero attached hydrogens (tertiary/aromatic N) is 2. The van der Waals surface area contributed by atoms with E-state index in [0.717, 1.165) is 17.1 Å². The van der Waals surface area contributed by atoms with Gasteiger partial charge in [0.25, 0.3) is 0 Å². The summed E-state index contributed by atoms with van der Waals surface area (Å²) in [7, 11) is 0. The van der Waals surface area contributed by atoms with Crippen LogP contribution in [0.1, 0.15) is 25.0 Å². The van der Waals surface area contributed by atoms with Gasteiger partial charge in [0.2, 0.25) is 0 Å². The molecule has 2 nitrogen and oxygen atoms in total. The van der Waals surface area contributed by atoms with Crippen LogP contribution in [0.2, 0.25) is 0 Å². The van der Waals surface area contributed by atoms with Crippen LogP contribution in [-0.2, 0) is 5.41 Å². The Balaban J connectivity index is 0.995. The lowest BCUT2D eigenvalue weighted by Gasteiger charge is -2.26. The van der Waals surface area contributed by atoms with Crippen molar-refractivity contribution in [3.63, 3.8) is 0 Å². The van der Waals surface area contributed by atoms with E-state index in [9.17, 15) is 0 Å². The number of hydrogen-bond donors (Lipinski definition) is 0. The molecule has 0 unspecified atom stereocenters. The van der Waals surface area contributed by atoms with E-state index >= 15 is 0 Å². The van der Waals surface area contributed by atoms with Crippen LogP contribution in [0.4, 0.5) is 17.1 Å². The third kappa shape index (κ3) is 5.87. The Morgan fingerprint density at radius 3 is 1.63 bits per heavy atom. The smallest absolute Gasteiger partial charge is 0.0541 e. The molecule has 2 heteroatoms. The standard InChI is InChI=1S/C57H42N2/c1-57(2)53-22-11-9-20-49(53)50-34-28-44(38-54(50)57)41-26-32-47(33-27-41)58(46-30-24-40(25-31-46)39-14-5-3-6-15-39)48-19-13-16-42(36-48)43-29-35-56-52(37-43)51-21-10-12-23-55(51)59(56)45-17-7-4-8-18-45/h3-38H,1-2H3. The van der Waals surface area contributed by atoms with Gasteiger partial charge < -0.3 is 9.47 Å². The molecule has 280 valence electrons. The van der Waals surface area contributed by atoms with Gasteiger partial charge in [-0.3, -0.25) is 0 Å². The van der Waals surface area contributed by atoms with Gasteiger partial charge in [-0.2, -0.15) is 0 Å². The highest BCUT2D eigenvalue weighted by atomic mass is 15.1. The van der Waals surface area contributed by atoms with Crippen molar-refractivity contribution in [2.45, 2.75) is 19.3 Å². The minimum atomic E-state index is -0.0426. The quantitative estimate of drug-likeness (QED) is 0.157. The van der Waals surface area contributed by atoms with Crippen LogP contribution >= 0.6 is 0 Å². The predicted molar refractivity (Wildman–Crippen MR) is 249 cm³/mol. The van der Waals surface area contributed by atoms with Crippen molar-refractivity contribution in [3.8, 4) is 50.2 Å². The maximum absolute atomic E-state index is 2.40. The molecule has 1 aliphatic carbocycles. The van der Waals surface area contributed by atoms with E-state index in [4.69, 9.17) is 0 Å². The molecule has 11 rings (SSSR count). The van der Waals surface area contributed by atoms with Crippen molar-refractivity contribution < 1.29 is 0 Å². The minimum absolute atomic E-state index is 0.0426. The van der Waals surface area contributed by atoms with Gasteiger partial charge in [-0.15, -0.1) is 0 Å². The van der Waals surface area contributed by atoms with E-state index in [1.165, 1.54) is 83.1 Å². The lowest BCUT2D eigenvalue weighted by molar-refractivity contribution is 0.660. The fraction of sp³-hybridized carbons (Fsp3) is 0.0526. The predicted octanol–water partition coefficient (Wildman–Crippen LogP) is 15.6. The van der Waals surface area contributed by atoms with Crippen LogP contribution in [-0.4, -0.2) is 4.57 Å². The monoisotopic (exact) mass is 754 g/mol. The van der Waals surface area contributed by atoms with Crippen molar-refractivity contribution in [1.29, 1.82) is 0 Å². The number of para-hydroxylation sites is 2. The molecular weight excluding hydrogens is 713 g/mol. The number of aromatic nitrogens is 1. The highest BCUT2D eigenvalue weighted by Crippen LogP contribution is 2.50. The van der Waals surface area contributed by atoms with Gasteiger partial charge >= 0.3 is 0 Å². The molecule has 0 aliphatic heterocycles. The first-order valence-electron chi connectivity index (χ1n) is 20.5. The summed E-state index contributed by atoms with van der Waals surface area (Å²) in [5.41, 5.74) is 19.5. The topological polar surface area (TPSA) is 8.17 Å². The lowest BCUT2D eigenvalue weighted by Crippen LogP contribution is -2.14. The van der Waals surface area contributed by atoms with Crippen LogP contribution in [0, 0.1) is 0 Å². The first kappa shape index (κ1) is 34.8. The molecule has 0 radical (unpaired) electrons. The van der Waals surface area contributed by atoms with E-state index < -0.39 is 0 Å². The first-order chi connectivity index (χ1) is 29.0. The molecule has 0 atom stereocenters. The van der Waals surface area contributed by atoms with Crippen molar-refractivity contribution in [2.24, 2.45) is 0 Å². The fourth-order valence-electron chi connectivity index (χ4n) is 9.40. The SMILES string of the molecule is CC1(C)c2ccccc2-c2ccc(-c3ccc(N(c4ccc(-c5ccccc5)cc4)c4cccc(-c5ccc6c(c5)c5ccccc5n6-c5ccccc5)c4)cc3)cc21. The molecule has 0 bridgehead atoms. The highest BCUT2D eigenvalue weighted by molar-refractivity contribution is 6.10. The summed E-state index contributed by atoms with van der Waals surface area (Å²) in [6.07, 6.45) is 0. The van der Waals surface area contributed by atoms with Gasteiger partial charge in [-0.1, -0.05) is 159 Å². The molecule has 1 heterocycles. The van der Waals surface area contributed by atoms with E-state index in [1.54, 1.807) is 0 Å². The lowest BCUT2D eigenvalue weighted by atomic mass is 9.81. The van der Waals surface area contributed by atoms with Crippen LogP contribution in [0.5, 0.6) is 0 Å². The normalized spacial score (nSPS) is 12.7. The second kappa shape index (κ2) is 13.9. The largest absolute Gasteiger partial charge is 0.310 e. The molecule has 10 aromatic rings. The molecule has 1 aliphatic rings. The molecule has 9 aromatic carbocycles. The number of rotatable bonds is 7. The molecule has 0 N–H and O–H groups in total. The maximum Gasteiger partial charge on any atom is 0.0541 e. The van der Waals surface area contributed by atoms with E-state index in [0.29, 0.717) is 0 Å². The van der Waals surface area contributed by atoms with Gasteiger partial charge in [0.1, 0.15) is 0 Å². The van der Waals surface area contributed by atoms with Crippen LogP contribution in [0.15, 0.2) is 218 Å². The fourth-order valence-corrected chi connectivity index (χ4v) is 9.40. The summed E-state index contributed by atoms with van der Waals surface area (Å²) in [6.45, 7) is 4.70. The zero-order chi connectivity index (χ0) is 39.5. The number of hydrogen-bond acceptors (Lipinski definition) is 1. The van der Waals surface area contributed by atoms with Crippen LogP contribution in [0.3, 0.4) is 0 Å². The molecule has 0 fully saturated rings. The second-order valence-corrected chi connectivity index (χ2v) is 16.2. The van der Waals surface area contributed by atoms with Crippen LogP contribution in [0.25, 0.3) is 72.0 Å². The minimum Gasteiger partial charge on any atom is -0.310 e. The van der Waals surface area contributed by atoms with E-state index in [-0.39, 0.29) is 5.41 Å². The maximum atomic E-state index is 2.40. The summed E-state index contributed by atoms with van der Waals surface area (Å²) in [5.74, 6) is 0.